The summed E-state index contributed by atoms with van der Waals surface area (Å²) in [5, 5.41) is 5.05. The van der Waals surface area contributed by atoms with Crippen LogP contribution in [0.15, 0.2) is 34.1 Å². The zero-order valence-electron chi connectivity index (χ0n) is 13.7. The monoisotopic (exact) mass is 377 g/mol. The van der Waals surface area contributed by atoms with Gasteiger partial charge in [0.05, 0.1) is 23.0 Å². The van der Waals surface area contributed by atoms with Crippen molar-refractivity contribution in [2.45, 2.75) is 29.2 Å². The summed E-state index contributed by atoms with van der Waals surface area (Å²) in [6.07, 6.45) is 0. The summed E-state index contributed by atoms with van der Waals surface area (Å²) >= 11 is 0. The molecule has 136 valence electrons. The molecule has 1 heterocycles. The molecular formula is C14H23N3O5S2. The van der Waals surface area contributed by atoms with Gasteiger partial charge in [0.15, 0.2) is 0 Å². The Kier molecular flexibility index (Phi) is 5.68. The minimum atomic E-state index is -3.96. The van der Waals surface area contributed by atoms with Crippen molar-refractivity contribution >= 4 is 20.0 Å². The Balaban J connectivity index is 2.14. The third kappa shape index (κ3) is 4.74. The van der Waals surface area contributed by atoms with E-state index < -0.39 is 25.6 Å². The van der Waals surface area contributed by atoms with Gasteiger partial charge in [0, 0.05) is 25.2 Å². The van der Waals surface area contributed by atoms with Crippen LogP contribution in [0.3, 0.4) is 0 Å². The molecule has 0 unspecified atom stereocenters. The van der Waals surface area contributed by atoms with Crippen molar-refractivity contribution in [2.75, 3.05) is 32.8 Å². The molecule has 3 N–H and O–H groups in total. The fraction of sp³-hybridized carbons (Fsp3) is 0.571. The largest absolute Gasteiger partial charge is 0.379 e. The van der Waals surface area contributed by atoms with Crippen LogP contribution >= 0.6 is 0 Å². The minimum Gasteiger partial charge on any atom is -0.379 e. The zero-order chi connectivity index (χ0) is 18.0. The Labute approximate surface area is 143 Å². The number of benzene rings is 1. The average Bonchev–Trinajstić information content (AvgIpc) is 2.53. The third-order valence-electron chi connectivity index (χ3n) is 4.01. The van der Waals surface area contributed by atoms with Gasteiger partial charge < -0.3 is 4.74 Å². The average molecular weight is 377 g/mol. The van der Waals surface area contributed by atoms with Crippen LogP contribution in [0.1, 0.15) is 13.8 Å². The Hall–Kier alpha value is -1.04. The molecule has 8 nitrogen and oxygen atoms in total. The van der Waals surface area contributed by atoms with Crippen LogP contribution in [0.4, 0.5) is 0 Å². The summed E-state index contributed by atoms with van der Waals surface area (Å²) < 4.78 is 55.5. The molecule has 0 spiro atoms. The Morgan fingerprint density at radius 3 is 2.33 bits per heavy atom. The number of morpholine rings is 1. The van der Waals surface area contributed by atoms with Crippen molar-refractivity contribution in [1.82, 2.24) is 9.62 Å². The third-order valence-corrected chi connectivity index (χ3v) is 6.32. The highest BCUT2D eigenvalue weighted by molar-refractivity contribution is 7.90. The van der Waals surface area contributed by atoms with Crippen LogP contribution in [0, 0.1) is 0 Å². The van der Waals surface area contributed by atoms with Gasteiger partial charge in [-0.25, -0.2) is 26.7 Å². The maximum atomic E-state index is 12.5. The number of nitrogens with two attached hydrogens (primary N) is 1. The molecule has 0 atom stereocenters. The lowest BCUT2D eigenvalue weighted by Crippen LogP contribution is -2.55. The summed E-state index contributed by atoms with van der Waals surface area (Å²) in [5.74, 6) is 0. The van der Waals surface area contributed by atoms with Gasteiger partial charge in [-0.3, -0.25) is 4.90 Å². The van der Waals surface area contributed by atoms with E-state index in [4.69, 9.17) is 9.88 Å². The van der Waals surface area contributed by atoms with E-state index in [-0.39, 0.29) is 16.3 Å². The standard InChI is InChI=1S/C14H23N3O5S2/c1-14(2,17-6-8-22-9-7-17)11-16-24(20,21)13-5-3-4-12(10-13)23(15,18)19/h3-5,10,16H,6-9,11H2,1-2H3,(H2,15,18,19). The lowest BCUT2D eigenvalue weighted by atomic mass is 10.0. The fourth-order valence-corrected chi connectivity index (χ4v) is 4.34. The summed E-state index contributed by atoms with van der Waals surface area (Å²) in [5.41, 5.74) is -0.394. The van der Waals surface area contributed by atoms with Crippen LogP contribution in [0.2, 0.25) is 0 Å². The van der Waals surface area contributed by atoms with Crippen molar-refractivity contribution in [1.29, 1.82) is 0 Å². The quantitative estimate of drug-likeness (QED) is 0.704. The van der Waals surface area contributed by atoms with Gasteiger partial charge in [-0.2, -0.15) is 0 Å². The van der Waals surface area contributed by atoms with E-state index in [2.05, 4.69) is 9.62 Å². The molecule has 0 amide bonds. The molecule has 0 aliphatic carbocycles. The SMILES string of the molecule is CC(C)(CNS(=O)(=O)c1cccc(S(N)(=O)=O)c1)N1CCOCC1. The first-order valence-electron chi connectivity index (χ1n) is 7.48. The van der Waals surface area contributed by atoms with Gasteiger partial charge in [0.2, 0.25) is 20.0 Å². The van der Waals surface area contributed by atoms with Gasteiger partial charge in [-0.1, -0.05) is 6.07 Å². The number of ether oxygens (including phenoxy) is 1. The number of nitrogens with zero attached hydrogens (tertiary/aromatic N) is 1. The molecule has 1 aliphatic heterocycles. The normalized spacial score (nSPS) is 17.8. The molecule has 0 aromatic heterocycles. The van der Waals surface area contributed by atoms with E-state index in [0.29, 0.717) is 13.2 Å². The van der Waals surface area contributed by atoms with E-state index in [1.54, 1.807) is 0 Å². The molecule has 10 heteroatoms. The topological polar surface area (TPSA) is 119 Å². The number of hydrogen-bond acceptors (Lipinski definition) is 6. The van der Waals surface area contributed by atoms with E-state index in [1.165, 1.54) is 18.2 Å². The molecule has 1 saturated heterocycles. The molecule has 1 aromatic rings. The van der Waals surface area contributed by atoms with Gasteiger partial charge >= 0.3 is 0 Å². The first kappa shape index (κ1) is 19.3. The Morgan fingerprint density at radius 2 is 1.75 bits per heavy atom. The lowest BCUT2D eigenvalue weighted by molar-refractivity contribution is -0.00803. The number of primary sulfonamides is 1. The van der Waals surface area contributed by atoms with Crippen LogP contribution in [-0.2, 0) is 24.8 Å². The van der Waals surface area contributed by atoms with Gasteiger partial charge in [-0.15, -0.1) is 0 Å². The predicted octanol–water partition coefficient (Wildman–Crippen LogP) is -0.277. The fourth-order valence-electron chi connectivity index (χ4n) is 2.45. The second-order valence-electron chi connectivity index (χ2n) is 6.26. The highest BCUT2D eigenvalue weighted by Crippen LogP contribution is 2.18. The molecule has 1 fully saturated rings. The van der Waals surface area contributed by atoms with E-state index >= 15 is 0 Å². The molecule has 2 rings (SSSR count). The second kappa shape index (κ2) is 7.06. The van der Waals surface area contributed by atoms with Crippen molar-refractivity contribution in [3.63, 3.8) is 0 Å². The summed E-state index contributed by atoms with van der Waals surface area (Å²) in [6, 6.07) is 4.99. The predicted molar refractivity (Wildman–Crippen MR) is 89.5 cm³/mol. The van der Waals surface area contributed by atoms with E-state index in [1.807, 2.05) is 13.8 Å². The molecule has 24 heavy (non-hydrogen) atoms. The molecular weight excluding hydrogens is 354 g/mol. The number of sulfonamides is 2. The maximum absolute atomic E-state index is 12.5. The van der Waals surface area contributed by atoms with Crippen LogP contribution in [0.5, 0.6) is 0 Å². The summed E-state index contributed by atoms with van der Waals surface area (Å²) in [4.78, 5) is 1.78. The first-order valence-corrected chi connectivity index (χ1v) is 10.5. The van der Waals surface area contributed by atoms with E-state index in [9.17, 15) is 16.8 Å². The van der Waals surface area contributed by atoms with Gasteiger partial charge in [0.25, 0.3) is 0 Å². The highest BCUT2D eigenvalue weighted by Gasteiger charge is 2.30. The van der Waals surface area contributed by atoms with Crippen molar-refractivity contribution < 1.29 is 21.6 Å². The Bertz CT molecular complexity index is 784. The molecule has 0 saturated carbocycles. The second-order valence-corrected chi connectivity index (χ2v) is 9.58. The van der Waals surface area contributed by atoms with Crippen molar-refractivity contribution in [3.05, 3.63) is 24.3 Å². The van der Waals surface area contributed by atoms with E-state index in [0.717, 1.165) is 19.2 Å². The molecule has 0 radical (unpaired) electrons. The summed E-state index contributed by atoms with van der Waals surface area (Å²) in [7, 11) is -7.80. The van der Waals surface area contributed by atoms with Crippen molar-refractivity contribution in [3.8, 4) is 0 Å². The number of rotatable bonds is 6. The zero-order valence-corrected chi connectivity index (χ0v) is 15.4. The van der Waals surface area contributed by atoms with Gasteiger partial charge in [0.1, 0.15) is 0 Å². The maximum Gasteiger partial charge on any atom is 0.240 e. The minimum absolute atomic E-state index is 0.133. The van der Waals surface area contributed by atoms with Crippen LogP contribution in [-0.4, -0.2) is 60.1 Å². The van der Waals surface area contributed by atoms with Crippen LogP contribution < -0.4 is 9.86 Å². The first-order chi connectivity index (χ1) is 11.0. The number of hydrogen-bond donors (Lipinski definition) is 2. The Morgan fingerprint density at radius 1 is 1.17 bits per heavy atom. The van der Waals surface area contributed by atoms with Gasteiger partial charge in [-0.05, 0) is 32.0 Å². The smallest absolute Gasteiger partial charge is 0.240 e. The van der Waals surface area contributed by atoms with Crippen molar-refractivity contribution in [2.24, 2.45) is 5.14 Å². The lowest BCUT2D eigenvalue weighted by Gasteiger charge is -2.40. The molecule has 1 aliphatic rings. The van der Waals surface area contributed by atoms with Crippen LogP contribution in [0.25, 0.3) is 0 Å². The molecule has 1 aromatic carbocycles. The number of nitrogens with one attached hydrogen (secondary N) is 1. The highest BCUT2D eigenvalue weighted by atomic mass is 32.2. The molecule has 0 bridgehead atoms. The summed E-state index contributed by atoms with van der Waals surface area (Å²) in [6.45, 7) is 6.78.